The molecule has 3 rings (SSSR count). The molecule has 0 spiro atoms. The van der Waals surface area contributed by atoms with Crippen LogP contribution in [0.25, 0.3) is 0 Å². The largest absolute Gasteiger partial charge is 0.439 e. The van der Waals surface area contributed by atoms with Crippen LogP contribution >= 0.6 is 0 Å². The Balaban J connectivity index is 1.58. The minimum absolute atomic E-state index is 0.194. The van der Waals surface area contributed by atoms with Crippen molar-refractivity contribution in [2.45, 2.75) is 45.9 Å². The lowest BCUT2D eigenvalue weighted by atomic mass is 10.1. The number of amides is 2. The average molecular weight is 383 g/mol. The van der Waals surface area contributed by atoms with Gasteiger partial charge in [-0.2, -0.15) is 0 Å². The molecule has 2 amide bonds. The molecule has 0 bridgehead atoms. The summed E-state index contributed by atoms with van der Waals surface area (Å²) in [5.74, 6) is 0.747. The van der Waals surface area contributed by atoms with Gasteiger partial charge in [0.15, 0.2) is 0 Å². The van der Waals surface area contributed by atoms with Crippen molar-refractivity contribution in [3.63, 3.8) is 0 Å². The summed E-state index contributed by atoms with van der Waals surface area (Å²) in [6, 6.07) is 8.94. The predicted octanol–water partition coefficient (Wildman–Crippen LogP) is 2.09. The van der Waals surface area contributed by atoms with Gasteiger partial charge >= 0.3 is 0 Å². The van der Waals surface area contributed by atoms with Gasteiger partial charge in [-0.15, -0.1) is 0 Å². The predicted molar refractivity (Wildman–Crippen MR) is 104 cm³/mol. The number of pyridine rings is 1. The molecule has 1 fully saturated rings. The summed E-state index contributed by atoms with van der Waals surface area (Å²) in [5, 5.41) is 12.6. The van der Waals surface area contributed by atoms with E-state index in [2.05, 4.69) is 10.3 Å². The first-order valence-electron chi connectivity index (χ1n) is 9.26. The molecule has 1 aromatic heterocycles. The summed E-state index contributed by atoms with van der Waals surface area (Å²) < 4.78 is 5.83. The highest BCUT2D eigenvalue weighted by Crippen LogP contribution is 2.24. The third-order valence-electron chi connectivity index (χ3n) is 4.81. The Morgan fingerprint density at radius 1 is 1.29 bits per heavy atom. The Labute approximate surface area is 164 Å². The number of β-amino-alcohol motifs (C(OH)–C–C–N with tert-alkyl or cyclic N) is 1. The fourth-order valence-corrected chi connectivity index (χ4v) is 3.22. The number of aryl methyl sites for hydroxylation is 2. The summed E-state index contributed by atoms with van der Waals surface area (Å²) >= 11 is 0. The molecule has 2 aromatic rings. The molecule has 1 aliphatic rings. The number of aliphatic hydroxyl groups is 1. The van der Waals surface area contributed by atoms with Gasteiger partial charge in [0.25, 0.3) is 0 Å². The number of ether oxygens (including phenoxy) is 1. The molecule has 1 saturated heterocycles. The van der Waals surface area contributed by atoms with E-state index in [1.54, 1.807) is 12.3 Å². The number of likely N-dealkylation sites (tertiary alicyclic amines) is 1. The van der Waals surface area contributed by atoms with Crippen LogP contribution in [0.5, 0.6) is 11.6 Å². The summed E-state index contributed by atoms with van der Waals surface area (Å²) in [6.45, 7) is 5.86. The van der Waals surface area contributed by atoms with E-state index >= 15 is 0 Å². The molecule has 1 aliphatic heterocycles. The number of nitrogens with zero attached hydrogens (tertiary/aromatic N) is 2. The van der Waals surface area contributed by atoms with E-state index in [9.17, 15) is 14.7 Å². The number of aromatic nitrogens is 1. The van der Waals surface area contributed by atoms with Crippen molar-refractivity contribution in [2.75, 3.05) is 6.54 Å². The van der Waals surface area contributed by atoms with Gasteiger partial charge < -0.3 is 20.1 Å². The Morgan fingerprint density at radius 2 is 2.07 bits per heavy atom. The molecule has 0 aliphatic carbocycles. The van der Waals surface area contributed by atoms with Crippen molar-refractivity contribution in [2.24, 2.45) is 0 Å². The Hall–Kier alpha value is -2.93. The van der Waals surface area contributed by atoms with E-state index in [4.69, 9.17) is 4.74 Å². The lowest BCUT2D eigenvalue weighted by molar-refractivity contribution is -0.137. The van der Waals surface area contributed by atoms with Crippen LogP contribution in [0.1, 0.15) is 30.0 Å². The Morgan fingerprint density at radius 3 is 2.75 bits per heavy atom. The van der Waals surface area contributed by atoms with Crippen LogP contribution in [-0.2, 0) is 16.1 Å². The first-order chi connectivity index (χ1) is 13.3. The minimum atomic E-state index is -0.664. The Bertz CT molecular complexity index is 866. The molecule has 0 radical (unpaired) electrons. The molecule has 0 unspecified atom stereocenters. The van der Waals surface area contributed by atoms with Crippen molar-refractivity contribution in [3.8, 4) is 11.6 Å². The van der Waals surface area contributed by atoms with Crippen LogP contribution in [0.15, 0.2) is 36.5 Å². The Kier molecular flexibility index (Phi) is 5.94. The van der Waals surface area contributed by atoms with Gasteiger partial charge in [-0.3, -0.25) is 9.59 Å². The number of carbonyl (C=O) groups is 2. The summed E-state index contributed by atoms with van der Waals surface area (Å²) in [4.78, 5) is 29.7. The van der Waals surface area contributed by atoms with Gasteiger partial charge in [-0.25, -0.2) is 4.98 Å². The number of carbonyl (C=O) groups excluding carboxylic acids is 2. The van der Waals surface area contributed by atoms with Gasteiger partial charge in [0.05, 0.1) is 6.10 Å². The molecular weight excluding hydrogens is 358 g/mol. The summed E-state index contributed by atoms with van der Waals surface area (Å²) in [5.41, 5.74) is 2.95. The number of benzene rings is 1. The van der Waals surface area contributed by atoms with Crippen molar-refractivity contribution in [1.29, 1.82) is 0 Å². The van der Waals surface area contributed by atoms with E-state index in [1.807, 2.05) is 38.1 Å². The lowest BCUT2D eigenvalue weighted by Crippen LogP contribution is -2.44. The van der Waals surface area contributed by atoms with Crippen LogP contribution in [0.2, 0.25) is 0 Å². The maximum Gasteiger partial charge on any atom is 0.243 e. The van der Waals surface area contributed by atoms with Gasteiger partial charge in [0, 0.05) is 38.7 Å². The zero-order valence-corrected chi connectivity index (χ0v) is 16.3. The van der Waals surface area contributed by atoms with Gasteiger partial charge in [-0.05, 0) is 36.6 Å². The second-order valence-corrected chi connectivity index (χ2v) is 7.17. The fourth-order valence-electron chi connectivity index (χ4n) is 3.22. The monoisotopic (exact) mass is 383 g/mol. The molecule has 148 valence electrons. The van der Waals surface area contributed by atoms with Crippen LogP contribution < -0.4 is 10.1 Å². The normalized spacial score (nSPS) is 18.8. The van der Waals surface area contributed by atoms with Crippen LogP contribution in [0.3, 0.4) is 0 Å². The highest BCUT2D eigenvalue weighted by molar-refractivity contribution is 5.87. The van der Waals surface area contributed by atoms with E-state index in [0.717, 1.165) is 22.4 Å². The first kappa shape index (κ1) is 19.8. The first-order valence-corrected chi connectivity index (χ1v) is 9.26. The number of aliphatic hydroxyl groups excluding tert-OH is 1. The molecule has 2 atom stereocenters. The number of hydrogen-bond donors (Lipinski definition) is 2. The van der Waals surface area contributed by atoms with Crippen LogP contribution in [0.4, 0.5) is 0 Å². The second-order valence-electron chi connectivity index (χ2n) is 7.17. The third-order valence-corrected chi connectivity index (χ3v) is 4.81. The molecule has 0 saturated carbocycles. The van der Waals surface area contributed by atoms with Gasteiger partial charge in [0.1, 0.15) is 11.8 Å². The maximum absolute atomic E-state index is 12.4. The quantitative estimate of drug-likeness (QED) is 0.825. The van der Waals surface area contributed by atoms with Gasteiger partial charge in [0.2, 0.25) is 17.7 Å². The SMILES string of the molecule is CC(=O)N1C[C@H](O)C[C@@H]1C(=O)NCc1ccc(Oc2cc(C)ccc2C)nc1. The molecule has 2 N–H and O–H groups in total. The third kappa shape index (κ3) is 4.67. The summed E-state index contributed by atoms with van der Waals surface area (Å²) in [6.07, 6.45) is 1.24. The van der Waals surface area contributed by atoms with E-state index in [-0.39, 0.29) is 31.3 Å². The highest BCUT2D eigenvalue weighted by atomic mass is 16.5. The van der Waals surface area contributed by atoms with E-state index < -0.39 is 12.1 Å². The van der Waals surface area contributed by atoms with E-state index in [0.29, 0.717) is 5.88 Å². The van der Waals surface area contributed by atoms with Crippen molar-refractivity contribution in [1.82, 2.24) is 15.2 Å². The van der Waals surface area contributed by atoms with Crippen molar-refractivity contribution in [3.05, 3.63) is 53.2 Å². The minimum Gasteiger partial charge on any atom is -0.439 e. The highest BCUT2D eigenvalue weighted by Gasteiger charge is 2.37. The smallest absolute Gasteiger partial charge is 0.243 e. The average Bonchev–Trinajstić information content (AvgIpc) is 3.06. The molecule has 1 aromatic carbocycles. The van der Waals surface area contributed by atoms with Crippen molar-refractivity contribution < 1.29 is 19.4 Å². The molecule has 7 nitrogen and oxygen atoms in total. The van der Waals surface area contributed by atoms with Crippen LogP contribution in [0, 0.1) is 13.8 Å². The zero-order valence-electron chi connectivity index (χ0n) is 16.3. The lowest BCUT2D eigenvalue weighted by Gasteiger charge is -2.22. The standard InChI is InChI=1S/C21H25N3O4/c1-13-4-5-14(2)19(8-13)28-20-7-6-16(10-22-20)11-23-21(27)18-9-17(26)12-24(18)15(3)25/h4-8,10,17-18,26H,9,11-12H2,1-3H3,(H,23,27)/t17-,18-/m1/s1. The number of nitrogens with one attached hydrogen (secondary N) is 1. The molecule has 7 heteroatoms. The van der Waals surface area contributed by atoms with E-state index in [1.165, 1.54) is 11.8 Å². The van der Waals surface area contributed by atoms with Crippen molar-refractivity contribution >= 4 is 11.8 Å². The molecular formula is C21H25N3O4. The maximum atomic E-state index is 12.4. The molecule has 2 heterocycles. The molecule has 28 heavy (non-hydrogen) atoms. The number of rotatable bonds is 5. The van der Waals surface area contributed by atoms with Crippen LogP contribution in [-0.4, -0.2) is 45.5 Å². The fraction of sp³-hybridized carbons (Fsp3) is 0.381. The number of hydrogen-bond acceptors (Lipinski definition) is 5. The van der Waals surface area contributed by atoms with Gasteiger partial charge in [-0.1, -0.05) is 18.2 Å². The zero-order chi connectivity index (χ0) is 20.3. The second kappa shape index (κ2) is 8.39. The topological polar surface area (TPSA) is 91.8 Å². The summed E-state index contributed by atoms with van der Waals surface area (Å²) in [7, 11) is 0.